The van der Waals surface area contributed by atoms with E-state index in [0.717, 1.165) is 5.56 Å². The largest absolute Gasteiger partial charge is 0.482 e. The Morgan fingerprint density at radius 1 is 1.04 bits per heavy atom. The molecule has 0 aliphatic heterocycles. The molecule has 0 bridgehead atoms. The Bertz CT molecular complexity index is 823. The molecule has 0 unspecified atom stereocenters. The highest BCUT2D eigenvalue weighted by Gasteiger charge is 2.23. The number of hydrogen-bond acceptors (Lipinski definition) is 6. The molecule has 0 aliphatic rings. The molecular weight excluding hydrogens is 368 g/mol. The topological polar surface area (TPSA) is 98.9 Å². The van der Waals surface area contributed by atoms with Gasteiger partial charge in [-0.15, -0.1) is 0 Å². The third kappa shape index (κ3) is 6.06. The molecule has 2 aromatic carbocycles. The van der Waals surface area contributed by atoms with E-state index in [4.69, 9.17) is 10.5 Å². The summed E-state index contributed by atoms with van der Waals surface area (Å²) in [5.41, 5.74) is 6.67. The second kappa shape index (κ2) is 10.1. The average molecular weight is 392 g/mol. The molecule has 2 aromatic rings. The van der Waals surface area contributed by atoms with Crippen molar-refractivity contribution in [3.05, 3.63) is 60.2 Å². The molecule has 27 heavy (non-hydrogen) atoms. The van der Waals surface area contributed by atoms with Gasteiger partial charge in [0, 0.05) is 19.6 Å². The summed E-state index contributed by atoms with van der Waals surface area (Å²) >= 11 is 0. The molecule has 0 atom stereocenters. The summed E-state index contributed by atoms with van der Waals surface area (Å²) in [6, 6.07) is 15.6. The van der Waals surface area contributed by atoms with Gasteiger partial charge in [0.15, 0.2) is 6.61 Å². The predicted molar refractivity (Wildman–Crippen MR) is 102 cm³/mol. The van der Waals surface area contributed by atoms with E-state index in [-0.39, 0.29) is 24.6 Å². The number of carbonyl (C=O) groups excluding carboxylic acids is 1. The summed E-state index contributed by atoms with van der Waals surface area (Å²) in [6.07, 6.45) is 0.598. The van der Waals surface area contributed by atoms with E-state index < -0.39 is 16.0 Å². The van der Waals surface area contributed by atoms with Gasteiger partial charge in [0.05, 0.1) is 12.0 Å². The maximum Gasteiger partial charge on any atom is 0.343 e. The first-order valence-corrected chi connectivity index (χ1v) is 9.95. The van der Waals surface area contributed by atoms with Crippen LogP contribution in [0, 0.1) is 0 Å². The van der Waals surface area contributed by atoms with Gasteiger partial charge >= 0.3 is 5.97 Å². The lowest BCUT2D eigenvalue weighted by molar-refractivity contribution is -0.142. The summed E-state index contributed by atoms with van der Waals surface area (Å²) < 4.78 is 37.0. The van der Waals surface area contributed by atoms with E-state index in [2.05, 4.69) is 4.74 Å². The minimum absolute atomic E-state index is 0.148. The quantitative estimate of drug-likeness (QED) is 0.614. The summed E-state index contributed by atoms with van der Waals surface area (Å²) in [5, 5.41) is 0. The molecule has 0 radical (unpaired) electrons. The van der Waals surface area contributed by atoms with E-state index in [1.54, 1.807) is 0 Å². The minimum Gasteiger partial charge on any atom is -0.482 e. The molecule has 0 spiro atoms. The number of sulfonamides is 1. The van der Waals surface area contributed by atoms with E-state index in [1.807, 2.05) is 30.3 Å². The van der Waals surface area contributed by atoms with Crippen molar-refractivity contribution in [2.75, 3.05) is 33.4 Å². The Morgan fingerprint density at radius 3 is 2.30 bits per heavy atom. The molecule has 146 valence electrons. The normalized spacial score (nSPS) is 11.4. The zero-order valence-electron chi connectivity index (χ0n) is 15.2. The number of methoxy groups -OCH3 is 1. The van der Waals surface area contributed by atoms with Crippen LogP contribution in [0.15, 0.2) is 59.5 Å². The van der Waals surface area contributed by atoms with Gasteiger partial charge in [-0.3, -0.25) is 0 Å². The van der Waals surface area contributed by atoms with Crippen LogP contribution < -0.4 is 10.5 Å². The Hall–Kier alpha value is -2.42. The number of rotatable bonds is 10. The molecule has 2 rings (SSSR count). The third-order valence-electron chi connectivity index (χ3n) is 3.92. The van der Waals surface area contributed by atoms with Crippen LogP contribution in [0.25, 0.3) is 0 Å². The number of ether oxygens (including phenoxy) is 2. The Labute approximate surface area is 159 Å². The summed E-state index contributed by atoms with van der Waals surface area (Å²) in [4.78, 5) is 11.2. The van der Waals surface area contributed by atoms with Crippen molar-refractivity contribution >= 4 is 16.0 Å². The predicted octanol–water partition coefficient (Wildman–Crippen LogP) is 1.43. The Kier molecular flexibility index (Phi) is 7.78. The van der Waals surface area contributed by atoms with Gasteiger partial charge in [0.2, 0.25) is 10.0 Å². The highest BCUT2D eigenvalue weighted by molar-refractivity contribution is 7.89. The molecule has 0 aliphatic carbocycles. The molecule has 0 amide bonds. The van der Waals surface area contributed by atoms with Gasteiger partial charge in [0.1, 0.15) is 5.75 Å². The van der Waals surface area contributed by atoms with Crippen molar-refractivity contribution in [2.24, 2.45) is 5.73 Å². The lowest BCUT2D eigenvalue weighted by Crippen LogP contribution is -2.36. The highest BCUT2D eigenvalue weighted by atomic mass is 32.2. The number of esters is 1. The monoisotopic (exact) mass is 392 g/mol. The van der Waals surface area contributed by atoms with Crippen molar-refractivity contribution in [2.45, 2.75) is 11.3 Å². The minimum atomic E-state index is -3.68. The van der Waals surface area contributed by atoms with Crippen LogP contribution >= 0.6 is 0 Å². The van der Waals surface area contributed by atoms with Gasteiger partial charge in [-0.1, -0.05) is 30.3 Å². The van der Waals surface area contributed by atoms with Crippen LogP contribution in [0.2, 0.25) is 0 Å². The van der Waals surface area contributed by atoms with Crippen LogP contribution in [0.5, 0.6) is 5.75 Å². The Balaban J connectivity index is 2.09. The van der Waals surface area contributed by atoms with Gasteiger partial charge in [-0.05, 0) is 36.2 Å². The summed E-state index contributed by atoms with van der Waals surface area (Å²) in [5.74, 6) is -0.129. The second-order valence-corrected chi connectivity index (χ2v) is 7.70. The fraction of sp³-hybridized carbons (Fsp3) is 0.316. The highest BCUT2D eigenvalue weighted by Crippen LogP contribution is 2.20. The summed E-state index contributed by atoms with van der Waals surface area (Å²) in [6.45, 7) is 0.563. The lowest BCUT2D eigenvalue weighted by atomic mass is 10.1. The summed E-state index contributed by atoms with van der Waals surface area (Å²) in [7, 11) is -2.41. The van der Waals surface area contributed by atoms with Crippen LogP contribution in [0.1, 0.15) is 5.56 Å². The van der Waals surface area contributed by atoms with Crippen molar-refractivity contribution in [3.63, 3.8) is 0 Å². The molecule has 0 aromatic heterocycles. The smallest absolute Gasteiger partial charge is 0.343 e. The fourth-order valence-corrected chi connectivity index (χ4v) is 3.91. The molecule has 7 nitrogen and oxygen atoms in total. The maximum absolute atomic E-state index is 12.9. The average Bonchev–Trinajstić information content (AvgIpc) is 2.70. The second-order valence-electron chi connectivity index (χ2n) is 5.76. The van der Waals surface area contributed by atoms with E-state index in [1.165, 1.54) is 35.7 Å². The van der Waals surface area contributed by atoms with Crippen LogP contribution in [-0.2, 0) is 26.0 Å². The molecule has 0 heterocycles. The third-order valence-corrected chi connectivity index (χ3v) is 5.83. The van der Waals surface area contributed by atoms with Crippen molar-refractivity contribution < 1.29 is 22.7 Å². The SMILES string of the molecule is COC(=O)COc1ccc(S(=O)(=O)N(CCN)CCc2ccccc2)cc1. The number of nitrogens with zero attached hydrogens (tertiary/aromatic N) is 1. The molecule has 0 fully saturated rings. The number of nitrogens with two attached hydrogens (primary N) is 1. The lowest BCUT2D eigenvalue weighted by Gasteiger charge is -2.21. The van der Waals surface area contributed by atoms with Crippen molar-refractivity contribution in [1.82, 2.24) is 4.31 Å². The molecule has 2 N–H and O–H groups in total. The van der Waals surface area contributed by atoms with Gasteiger partial charge in [-0.2, -0.15) is 4.31 Å². The van der Waals surface area contributed by atoms with E-state index in [9.17, 15) is 13.2 Å². The maximum atomic E-state index is 12.9. The zero-order chi connectivity index (χ0) is 19.7. The van der Waals surface area contributed by atoms with Crippen LogP contribution in [0.3, 0.4) is 0 Å². The Morgan fingerprint density at radius 2 is 1.70 bits per heavy atom. The van der Waals surface area contributed by atoms with Gasteiger partial charge in [-0.25, -0.2) is 13.2 Å². The zero-order valence-corrected chi connectivity index (χ0v) is 16.0. The standard InChI is InChI=1S/C19H24N2O5S/c1-25-19(22)15-26-17-7-9-18(10-8-17)27(23,24)21(14-12-20)13-11-16-5-3-2-4-6-16/h2-10H,11-15,20H2,1H3. The first-order chi connectivity index (χ1) is 13.0. The first-order valence-electron chi connectivity index (χ1n) is 8.51. The van der Waals surface area contributed by atoms with Gasteiger partial charge in [0.25, 0.3) is 0 Å². The number of carbonyl (C=O) groups is 1. The van der Waals surface area contributed by atoms with E-state index >= 15 is 0 Å². The van der Waals surface area contributed by atoms with Crippen LogP contribution in [-0.4, -0.2) is 52.0 Å². The molecule has 8 heteroatoms. The van der Waals surface area contributed by atoms with Crippen LogP contribution in [0.4, 0.5) is 0 Å². The number of benzene rings is 2. The van der Waals surface area contributed by atoms with Crippen molar-refractivity contribution in [1.29, 1.82) is 0 Å². The fourth-order valence-electron chi connectivity index (χ4n) is 2.45. The van der Waals surface area contributed by atoms with Crippen molar-refractivity contribution in [3.8, 4) is 5.75 Å². The molecule has 0 saturated heterocycles. The van der Waals surface area contributed by atoms with Gasteiger partial charge < -0.3 is 15.2 Å². The van der Waals surface area contributed by atoms with E-state index in [0.29, 0.717) is 18.7 Å². The number of hydrogen-bond donors (Lipinski definition) is 1. The first kappa shape index (κ1) is 20.9. The molecular formula is C19H24N2O5S. The molecule has 0 saturated carbocycles.